The number of methoxy groups -OCH3 is 1. The van der Waals surface area contributed by atoms with Crippen LogP contribution in [0.4, 0.5) is 0 Å². The van der Waals surface area contributed by atoms with Gasteiger partial charge in [-0.3, -0.25) is 0 Å². The van der Waals surface area contributed by atoms with E-state index in [0.29, 0.717) is 16.3 Å². The molecule has 1 aromatic carbocycles. The minimum atomic E-state index is -3.65. The Morgan fingerprint density at radius 2 is 1.84 bits per heavy atom. The lowest BCUT2D eigenvalue weighted by Crippen LogP contribution is -1.87. The largest absolute Gasteiger partial charge is 0.496 e. The van der Waals surface area contributed by atoms with Gasteiger partial charge in [0, 0.05) is 48.0 Å². The van der Waals surface area contributed by atoms with Gasteiger partial charge in [0.25, 0.3) is 9.05 Å². The molecule has 0 bridgehead atoms. The lowest BCUT2D eigenvalue weighted by Gasteiger charge is -2.04. The van der Waals surface area contributed by atoms with Crippen molar-refractivity contribution in [1.82, 2.24) is 0 Å². The van der Waals surface area contributed by atoms with Crippen molar-refractivity contribution in [2.45, 2.75) is 0 Å². The molecule has 0 saturated heterocycles. The summed E-state index contributed by atoms with van der Waals surface area (Å²) in [7, 11) is 10.2. The number of halogens is 4. The topological polar surface area (TPSA) is 60.4 Å². The SMILES string of the molecule is COc1cc(Cl)ccc1C=CS(=O)(=O)Cl.O=S(Cl)Cl. The van der Waals surface area contributed by atoms with Gasteiger partial charge in [-0.15, -0.1) is 0 Å². The van der Waals surface area contributed by atoms with Crippen molar-refractivity contribution in [2.24, 2.45) is 0 Å². The normalized spacial score (nSPS) is 11.3. The Balaban J connectivity index is 0.000000711. The highest BCUT2D eigenvalue weighted by molar-refractivity contribution is 8.26. The van der Waals surface area contributed by atoms with E-state index in [9.17, 15) is 8.42 Å². The van der Waals surface area contributed by atoms with Gasteiger partial charge in [-0.1, -0.05) is 11.6 Å². The smallest absolute Gasteiger partial charge is 0.254 e. The molecular formula is C9H8Cl4O4S2. The highest BCUT2D eigenvalue weighted by Gasteiger charge is 2.02. The second-order valence-corrected chi connectivity index (χ2v) is 8.32. The van der Waals surface area contributed by atoms with Crippen LogP contribution in [0.15, 0.2) is 23.6 Å². The third-order valence-corrected chi connectivity index (χ3v) is 2.61. The predicted molar refractivity (Wildman–Crippen MR) is 81.7 cm³/mol. The second kappa shape index (κ2) is 9.05. The monoisotopic (exact) mass is 384 g/mol. The van der Waals surface area contributed by atoms with Crippen molar-refractivity contribution < 1.29 is 17.4 Å². The summed E-state index contributed by atoms with van der Waals surface area (Å²) in [6.07, 6.45) is 1.34. The number of hydrogen-bond donors (Lipinski definition) is 0. The van der Waals surface area contributed by atoms with Gasteiger partial charge in [-0.05, 0) is 24.3 Å². The van der Waals surface area contributed by atoms with Gasteiger partial charge in [-0.2, -0.15) is 0 Å². The molecule has 19 heavy (non-hydrogen) atoms. The maximum absolute atomic E-state index is 10.7. The van der Waals surface area contributed by atoms with Crippen LogP contribution in [0, 0.1) is 0 Å². The molecule has 4 nitrogen and oxygen atoms in total. The fourth-order valence-corrected chi connectivity index (χ4v) is 1.60. The lowest BCUT2D eigenvalue weighted by atomic mass is 10.2. The zero-order valence-electron chi connectivity index (χ0n) is 9.35. The summed E-state index contributed by atoms with van der Waals surface area (Å²) in [4.78, 5) is 0. The minimum Gasteiger partial charge on any atom is -0.496 e. The summed E-state index contributed by atoms with van der Waals surface area (Å²) >= 11 is 5.74. The van der Waals surface area contributed by atoms with E-state index in [1.165, 1.54) is 13.2 Å². The quantitative estimate of drug-likeness (QED) is 0.739. The Labute approximate surface area is 132 Å². The van der Waals surface area contributed by atoms with Gasteiger partial charge in [0.2, 0.25) is 9.23 Å². The number of ether oxygens (including phenoxy) is 1. The second-order valence-electron chi connectivity index (χ2n) is 2.85. The molecule has 0 heterocycles. The van der Waals surface area contributed by atoms with Crippen LogP contribution in [0.3, 0.4) is 0 Å². The van der Waals surface area contributed by atoms with Gasteiger partial charge < -0.3 is 4.74 Å². The number of hydrogen-bond acceptors (Lipinski definition) is 4. The first-order chi connectivity index (χ1) is 8.65. The highest BCUT2D eigenvalue weighted by atomic mass is 36.0. The van der Waals surface area contributed by atoms with Crippen molar-refractivity contribution in [3.63, 3.8) is 0 Å². The van der Waals surface area contributed by atoms with Crippen molar-refractivity contribution in [3.8, 4) is 5.75 Å². The highest BCUT2D eigenvalue weighted by Crippen LogP contribution is 2.24. The summed E-state index contributed by atoms with van der Waals surface area (Å²) in [5.74, 6) is 0.485. The van der Waals surface area contributed by atoms with Crippen LogP contribution in [0.2, 0.25) is 5.02 Å². The van der Waals surface area contributed by atoms with E-state index in [0.717, 1.165) is 5.41 Å². The molecule has 0 N–H and O–H groups in total. The summed E-state index contributed by atoms with van der Waals surface area (Å²) in [6, 6.07) is 4.85. The Hall–Kier alpha value is 0.0200. The lowest BCUT2D eigenvalue weighted by molar-refractivity contribution is 0.414. The van der Waals surface area contributed by atoms with E-state index >= 15 is 0 Å². The van der Waals surface area contributed by atoms with E-state index in [2.05, 4.69) is 21.4 Å². The molecule has 10 heteroatoms. The Morgan fingerprint density at radius 1 is 1.32 bits per heavy atom. The van der Waals surface area contributed by atoms with Gasteiger partial charge in [0.05, 0.1) is 7.11 Å². The molecule has 1 rings (SSSR count). The molecule has 0 amide bonds. The fourth-order valence-electron chi connectivity index (χ4n) is 0.977. The van der Waals surface area contributed by atoms with Crippen LogP contribution >= 0.6 is 43.6 Å². The van der Waals surface area contributed by atoms with Gasteiger partial charge in [0.1, 0.15) is 5.75 Å². The zero-order valence-corrected chi connectivity index (χ0v) is 14.0. The van der Waals surface area contributed by atoms with Crippen molar-refractivity contribution in [1.29, 1.82) is 0 Å². The Bertz CT molecular complexity index is 568. The van der Waals surface area contributed by atoms with Gasteiger partial charge >= 0.3 is 0 Å². The first kappa shape index (κ1) is 19.0. The summed E-state index contributed by atoms with van der Waals surface area (Å²) in [5, 5.41) is 1.40. The molecule has 108 valence electrons. The molecule has 0 aromatic heterocycles. The number of benzene rings is 1. The molecule has 0 aliphatic heterocycles. The first-order valence-electron chi connectivity index (χ1n) is 4.36. The fraction of sp³-hybridized carbons (Fsp3) is 0.111. The van der Waals surface area contributed by atoms with Crippen LogP contribution < -0.4 is 4.74 Å². The molecule has 0 radical (unpaired) electrons. The van der Waals surface area contributed by atoms with Crippen LogP contribution in [0.5, 0.6) is 5.75 Å². The van der Waals surface area contributed by atoms with Crippen LogP contribution in [-0.4, -0.2) is 19.7 Å². The molecule has 0 fully saturated rings. The van der Waals surface area contributed by atoms with Crippen molar-refractivity contribution >= 4 is 68.0 Å². The molecule has 0 saturated carbocycles. The third-order valence-electron chi connectivity index (χ3n) is 1.61. The zero-order chi connectivity index (χ0) is 15.1. The molecule has 0 atom stereocenters. The Morgan fingerprint density at radius 3 is 2.26 bits per heavy atom. The molecule has 0 unspecified atom stereocenters. The molecule has 0 spiro atoms. The summed E-state index contributed by atoms with van der Waals surface area (Å²) < 4.78 is 35.5. The minimum absolute atomic E-state index is 0.485. The van der Waals surface area contributed by atoms with Crippen LogP contribution in [0.1, 0.15) is 5.56 Å². The predicted octanol–water partition coefficient (Wildman–Crippen LogP) is 3.93. The average Bonchev–Trinajstić information content (AvgIpc) is 2.25. The molecule has 1 aromatic rings. The standard InChI is InChI=1S/C9H8Cl2O3S.Cl2OS/c1-14-9-6-8(10)3-2-7(9)4-5-15(11,12)13;1-4(2)3/h2-6H,1H3;. The van der Waals surface area contributed by atoms with Crippen molar-refractivity contribution in [3.05, 3.63) is 34.2 Å². The average molecular weight is 386 g/mol. The third kappa shape index (κ3) is 10.5. The van der Waals surface area contributed by atoms with E-state index in [-0.39, 0.29) is 0 Å². The molecular weight excluding hydrogens is 378 g/mol. The van der Waals surface area contributed by atoms with E-state index in [1.54, 1.807) is 18.2 Å². The maximum Gasteiger partial charge on any atom is 0.254 e. The van der Waals surface area contributed by atoms with Gasteiger partial charge in [0.15, 0.2) is 0 Å². The van der Waals surface area contributed by atoms with E-state index in [4.69, 9.17) is 31.2 Å². The van der Waals surface area contributed by atoms with Gasteiger partial charge in [-0.25, -0.2) is 12.6 Å². The molecule has 0 aliphatic carbocycles. The summed E-state index contributed by atoms with van der Waals surface area (Å²) in [5.41, 5.74) is 0.589. The van der Waals surface area contributed by atoms with Crippen molar-refractivity contribution in [2.75, 3.05) is 7.11 Å². The first-order valence-corrected chi connectivity index (χ1v) is 9.91. The van der Waals surface area contributed by atoms with E-state index in [1.807, 2.05) is 0 Å². The molecule has 0 aliphatic rings. The maximum atomic E-state index is 10.7. The van der Waals surface area contributed by atoms with Crippen LogP contribution in [0.25, 0.3) is 6.08 Å². The van der Waals surface area contributed by atoms with E-state index < -0.39 is 18.3 Å². The summed E-state index contributed by atoms with van der Waals surface area (Å²) in [6.45, 7) is 0. The number of rotatable bonds is 3. The Kier molecular flexibility index (Phi) is 9.06. The van der Waals surface area contributed by atoms with Crippen LogP contribution in [-0.2, 0) is 18.3 Å².